The first-order valence-electron chi connectivity index (χ1n) is 6.68. The van der Waals surface area contributed by atoms with Crippen LogP contribution >= 0.6 is 0 Å². The first kappa shape index (κ1) is 13.9. The van der Waals surface area contributed by atoms with Crippen LogP contribution in [-0.4, -0.2) is 29.7 Å². The molecule has 1 fully saturated rings. The van der Waals surface area contributed by atoms with Crippen LogP contribution in [0.25, 0.3) is 0 Å². The monoisotopic (exact) mass is 263 g/mol. The van der Waals surface area contributed by atoms with Crippen molar-refractivity contribution in [1.82, 2.24) is 0 Å². The Hall–Kier alpha value is -1.55. The van der Waals surface area contributed by atoms with E-state index in [0.29, 0.717) is 18.4 Å². The Labute approximate surface area is 114 Å². The van der Waals surface area contributed by atoms with Crippen molar-refractivity contribution in [2.75, 3.05) is 6.61 Å². The van der Waals surface area contributed by atoms with Crippen LogP contribution in [0.4, 0.5) is 0 Å². The summed E-state index contributed by atoms with van der Waals surface area (Å²) in [6, 6.07) is 5.86. The van der Waals surface area contributed by atoms with Crippen LogP contribution in [0.5, 0.6) is 5.75 Å². The largest absolute Gasteiger partial charge is 0.490 e. The minimum Gasteiger partial charge on any atom is -0.490 e. The summed E-state index contributed by atoms with van der Waals surface area (Å²) in [5.74, 6) is 0.740. The molecule has 0 radical (unpaired) electrons. The van der Waals surface area contributed by atoms with Gasteiger partial charge in [0.2, 0.25) is 0 Å². The minimum absolute atomic E-state index is 0.163. The van der Waals surface area contributed by atoms with Crippen molar-refractivity contribution in [2.24, 2.45) is 5.16 Å². The molecule has 1 aromatic carbocycles. The fraction of sp³-hybridized carbons (Fsp3) is 0.533. The van der Waals surface area contributed by atoms with Crippen molar-refractivity contribution in [3.05, 3.63) is 29.3 Å². The highest BCUT2D eigenvalue weighted by molar-refractivity contribution is 6.00. The molecule has 2 rings (SSSR count). The van der Waals surface area contributed by atoms with Gasteiger partial charge in [0.1, 0.15) is 12.4 Å². The van der Waals surface area contributed by atoms with Gasteiger partial charge in [-0.15, -0.1) is 0 Å². The maximum absolute atomic E-state index is 8.93. The molecule has 2 unspecified atom stereocenters. The molecule has 1 heterocycles. The molecule has 104 valence electrons. The molecule has 0 aromatic heterocycles. The zero-order chi connectivity index (χ0) is 13.8. The lowest BCUT2D eigenvalue weighted by atomic mass is 10.1. The zero-order valence-corrected chi connectivity index (χ0v) is 11.7. The maximum atomic E-state index is 8.93. The predicted octanol–water partition coefficient (Wildman–Crippen LogP) is 3.14. The summed E-state index contributed by atoms with van der Waals surface area (Å²) in [6.45, 7) is 6.38. The second kappa shape index (κ2) is 6.06. The molecule has 2 atom stereocenters. The molecule has 1 saturated heterocycles. The summed E-state index contributed by atoms with van der Waals surface area (Å²) >= 11 is 0. The molecule has 4 nitrogen and oxygen atoms in total. The number of aryl methyl sites for hydroxylation is 1. The van der Waals surface area contributed by atoms with Crippen LogP contribution in [0.3, 0.4) is 0 Å². The van der Waals surface area contributed by atoms with Gasteiger partial charge in [0.15, 0.2) is 0 Å². The number of oxime groups is 1. The standard InChI is InChI=1S/C15H21NO3/c1-10-4-7-15(14(8-10)12(3)16-17)18-9-13-6-5-11(2)19-13/h4,7-8,11,13,17H,5-6,9H2,1-3H3/b16-12+. The third kappa shape index (κ3) is 3.47. The summed E-state index contributed by atoms with van der Waals surface area (Å²) in [4.78, 5) is 0. The highest BCUT2D eigenvalue weighted by Crippen LogP contribution is 2.24. The second-order valence-corrected chi connectivity index (χ2v) is 5.14. The first-order valence-corrected chi connectivity index (χ1v) is 6.68. The van der Waals surface area contributed by atoms with E-state index in [1.807, 2.05) is 25.1 Å². The summed E-state index contributed by atoms with van der Waals surface area (Å²) < 4.78 is 11.6. The maximum Gasteiger partial charge on any atom is 0.128 e. The Morgan fingerprint density at radius 2 is 2.26 bits per heavy atom. The van der Waals surface area contributed by atoms with Gasteiger partial charge in [-0.25, -0.2) is 0 Å². The Kier molecular flexibility index (Phi) is 4.43. The Balaban J connectivity index is 2.07. The van der Waals surface area contributed by atoms with E-state index < -0.39 is 0 Å². The van der Waals surface area contributed by atoms with Crippen molar-refractivity contribution < 1.29 is 14.7 Å². The highest BCUT2D eigenvalue weighted by Gasteiger charge is 2.22. The fourth-order valence-corrected chi connectivity index (χ4v) is 2.30. The van der Waals surface area contributed by atoms with Crippen molar-refractivity contribution in [3.63, 3.8) is 0 Å². The zero-order valence-electron chi connectivity index (χ0n) is 11.7. The molecule has 0 saturated carbocycles. The summed E-state index contributed by atoms with van der Waals surface area (Å²) in [5.41, 5.74) is 2.49. The minimum atomic E-state index is 0.163. The lowest BCUT2D eigenvalue weighted by Gasteiger charge is -2.15. The lowest BCUT2D eigenvalue weighted by Crippen LogP contribution is -2.18. The predicted molar refractivity (Wildman–Crippen MR) is 74.2 cm³/mol. The van der Waals surface area contributed by atoms with E-state index in [-0.39, 0.29) is 6.10 Å². The van der Waals surface area contributed by atoms with E-state index in [9.17, 15) is 0 Å². The lowest BCUT2D eigenvalue weighted by molar-refractivity contribution is 0.0264. The second-order valence-electron chi connectivity index (χ2n) is 5.14. The van der Waals surface area contributed by atoms with Crippen LogP contribution < -0.4 is 4.74 Å². The number of hydrogen-bond acceptors (Lipinski definition) is 4. The van der Waals surface area contributed by atoms with Crippen LogP contribution in [0.15, 0.2) is 23.4 Å². The summed E-state index contributed by atoms with van der Waals surface area (Å²) in [5, 5.41) is 12.2. The number of nitrogens with zero attached hydrogens (tertiary/aromatic N) is 1. The SMILES string of the molecule is C/C(=N\O)c1cc(C)ccc1OCC1CCC(C)O1. The van der Waals surface area contributed by atoms with Gasteiger partial charge in [-0.3, -0.25) is 0 Å². The van der Waals surface area contributed by atoms with Gasteiger partial charge in [-0.1, -0.05) is 16.8 Å². The molecular formula is C15H21NO3. The number of hydrogen-bond donors (Lipinski definition) is 1. The van der Waals surface area contributed by atoms with Crippen LogP contribution in [-0.2, 0) is 4.74 Å². The number of rotatable bonds is 4. The quantitative estimate of drug-likeness (QED) is 0.516. The van der Waals surface area contributed by atoms with Crippen molar-refractivity contribution >= 4 is 5.71 Å². The average molecular weight is 263 g/mol. The van der Waals surface area contributed by atoms with E-state index in [4.69, 9.17) is 14.7 Å². The van der Waals surface area contributed by atoms with Gasteiger partial charge >= 0.3 is 0 Å². The summed E-state index contributed by atoms with van der Waals surface area (Å²) in [6.07, 6.45) is 2.61. The van der Waals surface area contributed by atoms with E-state index in [1.165, 1.54) is 0 Å². The van der Waals surface area contributed by atoms with Crippen LogP contribution in [0.2, 0.25) is 0 Å². The fourth-order valence-electron chi connectivity index (χ4n) is 2.30. The molecule has 1 aliphatic heterocycles. The van der Waals surface area contributed by atoms with E-state index in [2.05, 4.69) is 12.1 Å². The van der Waals surface area contributed by atoms with Crippen molar-refractivity contribution in [3.8, 4) is 5.75 Å². The van der Waals surface area contributed by atoms with E-state index in [1.54, 1.807) is 6.92 Å². The molecule has 1 N–H and O–H groups in total. The van der Waals surface area contributed by atoms with Gasteiger partial charge in [0.05, 0.1) is 17.9 Å². The number of ether oxygens (including phenoxy) is 2. The molecule has 0 aliphatic carbocycles. The first-order chi connectivity index (χ1) is 9.10. The van der Waals surface area contributed by atoms with Gasteiger partial charge in [0.25, 0.3) is 0 Å². The molecule has 4 heteroatoms. The van der Waals surface area contributed by atoms with Crippen LogP contribution in [0, 0.1) is 6.92 Å². The third-order valence-electron chi connectivity index (χ3n) is 3.42. The Morgan fingerprint density at radius 1 is 1.47 bits per heavy atom. The molecule has 0 bridgehead atoms. The molecule has 0 amide bonds. The Morgan fingerprint density at radius 3 is 2.89 bits per heavy atom. The normalized spacial score (nSPS) is 23.6. The average Bonchev–Trinajstić information content (AvgIpc) is 2.82. The van der Waals surface area contributed by atoms with E-state index in [0.717, 1.165) is 29.7 Å². The molecular weight excluding hydrogens is 242 g/mol. The van der Waals surface area contributed by atoms with E-state index >= 15 is 0 Å². The van der Waals surface area contributed by atoms with Crippen molar-refractivity contribution in [1.29, 1.82) is 0 Å². The van der Waals surface area contributed by atoms with Crippen molar-refractivity contribution in [2.45, 2.75) is 45.8 Å². The molecule has 1 aromatic rings. The van der Waals surface area contributed by atoms with Crippen LogP contribution in [0.1, 0.15) is 37.8 Å². The number of benzene rings is 1. The third-order valence-corrected chi connectivity index (χ3v) is 3.42. The van der Waals surface area contributed by atoms with Gasteiger partial charge in [-0.2, -0.15) is 0 Å². The van der Waals surface area contributed by atoms with Gasteiger partial charge in [-0.05, 0) is 45.7 Å². The summed E-state index contributed by atoms with van der Waals surface area (Å²) in [7, 11) is 0. The Bertz CT molecular complexity index is 470. The molecule has 1 aliphatic rings. The molecule has 0 spiro atoms. The smallest absolute Gasteiger partial charge is 0.128 e. The van der Waals surface area contributed by atoms with Gasteiger partial charge in [0, 0.05) is 5.56 Å². The van der Waals surface area contributed by atoms with Gasteiger partial charge < -0.3 is 14.7 Å². The highest BCUT2D eigenvalue weighted by atomic mass is 16.5. The molecule has 19 heavy (non-hydrogen) atoms. The topological polar surface area (TPSA) is 51.1 Å².